The number of benzene rings is 1. The fourth-order valence-corrected chi connectivity index (χ4v) is 10.8. The largest absolute Gasteiger partial charge is 0.416 e. The van der Waals surface area contributed by atoms with Crippen LogP contribution in [0, 0.1) is 0 Å². The van der Waals surface area contributed by atoms with Crippen molar-refractivity contribution in [3.8, 4) is 11.3 Å². The summed E-state index contributed by atoms with van der Waals surface area (Å²) in [5, 5.41) is 0. The predicted octanol–water partition coefficient (Wildman–Crippen LogP) is 7.04. The minimum absolute atomic E-state index is 0.485. The molecule has 4 nitrogen and oxygen atoms in total. The van der Waals surface area contributed by atoms with Crippen LogP contribution in [0.25, 0.3) is 11.3 Å². The normalized spacial score (nSPS) is 12.5. The Bertz CT molecular complexity index is 738. The lowest BCUT2D eigenvalue weighted by Gasteiger charge is -2.42. The maximum absolute atomic E-state index is 6.72. The maximum atomic E-state index is 6.72. The van der Waals surface area contributed by atoms with Crippen LogP contribution in [-0.4, -0.2) is 31.6 Å². The van der Waals surface area contributed by atoms with Crippen molar-refractivity contribution in [1.82, 2.24) is 9.55 Å². The van der Waals surface area contributed by atoms with E-state index in [9.17, 15) is 0 Å². The van der Waals surface area contributed by atoms with E-state index in [1.165, 1.54) is 0 Å². The van der Waals surface area contributed by atoms with Gasteiger partial charge < -0.3 is 9.16 Å². The van der Waals surface area contributed by atoms with Gasteiger partial charge in [-0.15, -0.1) is 0 Å². The molecule has 1 aromatic carbocycles. The Morgan fingerprint density at radius 2 is 1.59 bits per heavy atom. The Hall–Kier alpha value is -0.953. The monoisotopic (exact) mass is 480 g/mol. The zero-order valence-electron chi connectivity index (χ0n) is 19.0. The van der Waals surface area contributed by atoms with Crippen molar-refractivity contribution in [2.45, 2.75) is 77.7 Å². The summed E-state index contributed by atoms with van der Waals surface area (Å²) in [6.45, 7) is 15.3. The molecule has 0 fully saturated rings. The Morgan fingerprint density at radius 3 is 2.10 bits per heavy atom. The van der Waals surface area contributed by atoms with E-state index in [4.69, 9.17) is 14.1 Å². The lowest BCUT2D eigenvalue weighted by atomic mass is 10.2. The highest BCUT2D eigenvalue weighted by Crippen LogP contribution is 2.42. The van der Waals surface area contributed by atoms with Crippen molar-refractivity contribution < 1.29 is 9.16 Å². The second-order valence-corrected chi connectivity index (χ2v) is 14.9. The zero-order chi connectivity index (χ0) is 21.6. The van der Waals surface area contributed by atoms with Gasteiger partial charge in [-0.1, -0.05) is 71.9 Å². The molecular weight excluding hydrogens is 444 g/mol. The van der Waals surface area contributed by atoms with Crippen LogP contribution in [0.2, 0.25) is 16.6 Å². The first-order valence-corrected chi connectivity index (χ1v) is 13.6. The highest BCUT2D eigenvalue weighted by Gasteiger charge is 2.44. The fourth-order valence-electron chi connectivity index (χ4n) is 4.69. The number of imidazole rings is 1. The lowest BCUT2D eigenvalue weighted by molar-refractivity contribution is 0.126. The summed E-state index contributed by atoms with van der Waals surface area (Å²) < 4.78 is 15.2. The number of aromatic nitrogens is 2. The van der Waals surface area contributed by atoms with Gasteiger partial charge in [0.2, 0.25) is 0 Å². The van der Waals surface area contributed by atoms with Gasteiger partial charge in [-0.3, -0.25) is 4.57 Å². The van der Waals surface area contributed by atoms with Crippen molar-refractivity contribution in [3.05, 3.63) is 40.8 Å². The molecule has 0 N–H and O–H groups in total. The molecule has 2 rings (SSSR count). The molecule has 0 bridgehead atoms. The van der Waals surface area contributed by atoms with Gasteiger partial charge in [-0.05, 0) is 39.0 Å². The summed E-state index contributed by atoms with van der Waals surface area (Å²) in [7, 11) is -0.0964. The van der Waals surface area contributed by atoms with Crippen LogP contribution in [0.3, 0.4) is 0 Å². The van der Waals surface area contributed by atoms with E-state index in [0.717, 1.165) is 41.1 Å². The number of hydrogen-bond donors (Lipinski definition) is 0. The van der Waals surface area contributed by atoms with E-state index in [1.807, 2.05) is 18.2 Å². The van der Waals surface area contributed by atoms with Gasteiger partial charge in [-0.25, -0.2) is 4.98 Å². The van der Waals surface area contributed by atoms with Crippen molar-refractivity contribution in [3.63, 3.8) is 0 Å². The van der Waals surface area contributed by atoms with Crippen molar-refractivity contribution in [2.75, 3.05) is 13.7 Å². The number of ether oxygens (including phenoxy) is 1. The highest BCUT2D eigenvalue weighted by molar-refractivity contribution is 9.10. The third-order valence-electron chi connectivity index (χ3n) is 5.89. The van der Waals surface area contributed by atoms with Crippen LogP contribution >= 0.6 is 15.9 Å². The van der Waals surface area contributed by atoms with Crippen molar-refractivity contribution >= 4 is 24.2 Å². The van der Waals surface area contributed by atoms with Crippen molar-refractivity contribution in [2.24, 2.45) is 0 Å². The van der Waals surface area contributed by atoms with Gasteiger partial charge in [0, 0.05) is 25.7 Å². The third kappa shape index (κ3) is 5.40. The molecule has 1 heterocycles. The van der Waals surface area contributed by atoms with Gasteiger partial charge in [0.15, 0.2) is 8.32 Å². The fraction of sp³-hybridized carbons (Fsp3) is 0.609. The Kier molecular flexibility index (Phi) is 9.13. The van der Waals surface area contributed by atoms with Crippen LogP contribution in [0.5, 0.6) is 0 Å². The predicted molar refractivity (Wildman–Crippen MR) is 128 cm³/mol. The van der Waals surface area contributed by atoms with Gasteiger partial charge >= 0.3 is 0 Å². The Balaban J connectivity index is 2.14. The smallest absolute Gasteiger partial charge is 0.200 e. The summed E-state index contributed by atoms with van der Waals surface area (Å²) in [4.78, 5) is 4.93. The van der Waals surface area contributed by atoms with E-state index in [2.05, 4.69) is 74.2 Å². The second-order valence-electron chi connectivity index (χ2n) is 8.65. The zero-order valence-corrected chi connectivity index (χ0v) is 21.6. The van der Waals surface area contributed by atoms with E-state index in [-0.39, 0.29) is 0 Å². The van der Waals surface area contributed by atoms with Gasteiger partial charge in [-0.2, -0.15) is 0 Å². The molecular formula is C23H37BrN2O2Si. The van der Waals surface area contributed by atoms with Gasteiger partial charge in [0.05, 0.1) is 0 Å². The molecule has 0 amide bonds. The lowest BCUT2D eigenvalue weighted by Crippen LogP contribution is -2.48. The molecule has 0 aliphatic carbocycles. The molecule has 29 heavy (non-hydrogen) atoms. The number of halogens is 1. The van der Waals surface area contributed by atoms with E-state index >= 15 is 0 Å². The number of rotatable bonds is 11. The Morgan fingerprint density at radius 1 is 1.00 bits per heavy atom. The summed E-state index contributed by atoms with van der Waals surface area (Å²) in [5.41, 5.74) is 3.90. The topological polar surface area (TPSA) is 36.3 Å². The van der Waals surface area contributed by atoms with Crippen LogP contribution in [0.1, 0.15) is 53.8 Å². The molecule has 0 aliphatic heterocycles. The number of nitrogens with zero attached hydrogens (tertiary/aromatic N) is 2. The molecule has 0 radical (unpaired) electrons. The first kappa shape index (κ1) is 24.3. The standard InChI is InChI=1S/C23H37BrN2O2Si/c1-17(2)29(18(3)4,19(5)6)28-15-11-14-21-25-22(20-12-9-8-10-13-20)23(24)26(21)16-27-7/h8-10,12-13,17-19H,11,14-16H2,1-7H3. The molecule has 0 atom stereocenters. The minimum atomic E-state index is -1.81. The van der Waals surface area contributed by atoms with Crippen molar-refractivity contribution in [1.29, 1.82) is 0 Å². The molecule has 0 spiro atoms. The highest BCUT2D eigenvalue weighted by atomic mass is 79.9. The van der Waals surface area contributed by atoms with E-state index in [0.29, 0.717) is 23.4 Å². The average Bonchev–Trinajstić information content (AvgIpc) is 2.98. The van der Waals surface area contributed by atoms with Gasteiger partial charge in [0.25, 0.3) is 0 Å². The van der Waals surface area contributed by atoms with Crippen LogP contribution in [0.4, 0.5) is 0 Å². The molecule has 6 heteroatoms. The van der Waals surface area contributed by atoms with E-state index in [1.54, 1.807) is 7.11 Å². The molecule has 2 aromatic rings. The number of hydrogen-bond acceptors (Lipinski definition) is 3. The molecule has 0 saturated heterocycles. The molecule has 0 saturated carbocycles. The summed E-state index contributed by atoms with van der Waals surface area (Å²) in [6.07, 6.45) is 1.83. The minimum Gasteiger partial charge on any atom is -0.416 e. The first-order valence-electron chi connectivity index (χ1n) is 10.7. The summed E-state index contributed by atoms with van der Waals surface area (Å²) in [5.74, 6) is 1.03. The Labute approximate surface area is 186 Å². The number of methoxy groups -OCH3 is 1. The SMILES string of the molecule is COCn1c(CCCO[Si](C(C)C)(C(C)C)C(C)C)nc(-c2ccccc2)c1Br. The second kappa shape index (κ2) is 10.9. The summed E-state index contributed by atoms with van der Waals surface area (Å²) in [6, 6.07) is 10.3. The van der Waals surface area contributed by atoms with E-state index < -0.39 is 8.32 Å². The average molecular weight is 482 g/mol. The summed E-state index contributed by atoms with van der Waals surface area (Å²) >= 11 is 3.73. The van der Waals surface area contributed by atoms with Gasteiger partial charge in [0.1, 0.15) is 22.9 Å². The quantitative estimate of drug-likeness (QED) is 0.255. The van der Waals surface area contributed by atoms with Crippen LogP contribution in [0.15, 0.2) is 34.9 Å². The first-order chi connectivity index (χ1) is 13.8. The maximum Gasteiger partial charge on any atom is 0.200 e. The molecule has 162 valence electrons. The molecule has 1 aromatic heterocycles. The third-order valence-corrected chi connectivity index (χ3v) is 12.8. The number of aryl methyl sites for hydroxylation is 1. The molecule has 0 unspecified atom stereocenters. The van der Waals surface area contributed by atoms with Crippen LogP contribution < -0.4 is 0 Å². The van der Waals surface area contributed by atoms with Crippen LogP contribution in [-0.2, 0) is 22.3 Å². The molecule has 0 aliphatic rings.